The predicted octanol–water partition coefficient (Wildman–Crippen LogP) is 2.54. The summed E-state index contributed by atoms with van der Waals surface area (Å²) in [6.07, 6.45) is 1.70. The molecule has 0 saturated heterocycles. The van der Waals surface area contributed by atoms with Gasteiger partial charge in [-0.25, -0.2) is 13.1 Å². The molecule has 0 amide bonds. The molecule has 0 heterocycles. The van der Waals surface area contributed by atoms with Crippen LogP contribution in [0.3, 0.4) is 0 Å². The van der Waals surface area contributed by atoms with E-state index in [2.05, 4.69) is 4.72 Å². The smallest absolute Gasteiger partial charge is 0.240 e. The van der Waals surface area contributed by atoms with Crippen molar-refractivity contribution in [1.29, 1.82) is 0 Å². The summed E-state index contributed by atoms with van der Waals surface area (Å²) in [5.41, 5.74) is 1.00. The summed E-state index contributed by atoms with van der Waals surface area (Å²) in [6.45, 7) is 4.01. The third-order valence-electron chi connectivity index (χ3n) is 3.69. The Kier molecular flexibility index (Phi) is 7.66. The second-order valence-corrected chi connectivity index (χ2v) is 7.22. The second-order valence-electron chi connectivity index (χ2n) is 5.08. The minimum absolute atomic E-state index is 0.0398. The molecule has 4 nitrogen and oxygen atoms in total. The lowest BCUT2D eigenvalue weighted by molar-refractivity contribution is 0.107. The van der Waals surface area contributed by atoms with Crippen molar-refractivity contribution in [3.8, 4) is 0 Å². The largest absolute Gasteiger partial charge is 0.391 e. The Hall–Kier alpha value is -0.620. The van der Waals surface area contributed by atoms with Gasteiger partial charge in [0.2, 0.25) is 10.0 Å². The number of benzene rings is 1. The Morgan fingerprint density at radius 1 is 1.19 bits per heavy atom. The molecule has 0 aliphatic carbocycles. The zero-order chi connectivity index (χ0) is 15.9. The predicted molar refractivity (Wildman–Crippen MR) is 86.1 cm³/mol. The standard InChI is InChI=1S/C15H24ClNO3S/c1-3-13(4-2)15(18)11-17-21(19,20)14-7-5-12(6-8-14)9-10-16/h5-8,13,15,17-18H,3-4,9-11H2,1-2H3. The molecule has 21 heavy (non-hydrogen) atoms. The molecule has 0 saturated carbocycles. The van der Waals surface area contributed by atoms with Crippen molar-refractivity contribution in [2.45, 2.75) is 44.1 Å². The summed E-state index contributed by atoms with van der Waals surface area (Å²) in [5, 5.41) is 9.99. The molecule has 0 aliphatic rings. The molecule has 120 valence electrons. The van der Waals surface area contributed by atoms with Crippen LogP contribution in [0.2, 0.25) is 0 Å². The average Bonchev–Trinajstić information content (AvgIpc) is 2.47. The third kappa shape index (κ3) is 5.58. The van der Waals surface area contributed by atoms with Crippen LogP contribution < -0.4 is 4.72 Å². The molecule has 0 radical (unpaired) electrons. The summed E-state index contributed by atoms with van der Waals surface area (Å²) >= 11 is 5.65. The van der Waals surface area contributed by atoms with Crippen LogP contribution in [0.15, 0.2) is 29.2 Å². The Bertz CT molecular complexity index is 512. The lowest BCUT2D eigenvalue weighted by Gasteiger charge is -2.20. The highest BCUT2D eigenvalue weighted by Crippen LogP contribution is 2.14. The Balaban J connectivity index is 2.68. The van der Waals surface area contributed by atoms with Gasteiger partial charge in [0.1, 0.15) is 0 Å². The van der Waals surface area contributed by atoms with Crippen molar-refractivity contribution >= 4 is 21.6 Å². The van der Waals surface area contributed by atoms with Crippen LogP contribution in [-0.4, -0.2) is 32.1 Å². The number of rotatable bonds is 9. The van der Waals surface area contributed by atoms with E-state index in [1.807, 2.05) is 13.8 Å². The molecular weight excluding hydrogens is 310 g/mol. The maximum absolute atomic E-state index is 12.2. The summed E-state index contributed by atoms with van der Waals surface area (Å²) in [4.78, 5) is 0.206. The van der Waals surface area contributed by atoms with E-state index in [0.29, 0.717) is 12.3 Å². The van der Waals surface area contributed by atoms with E-state index in [-0.39, 0.29) is 17.4 Å². The van der Waals surface area contributed by atoms with Gasteiger partial charge < -0.3 is 5.11 Å². The van der Waals surface area contributed by atoms with Gasteiger partial charge in [0.05, 0.1) is 11.0 Å². The molecule has 1 unspecified atom stereocenters. The molecule has 0 aromatic heterocycles. The average molecular weight is 334 g/mol. The summed E-state index contributed by atoms with van der Waals surface area (Å²) in [6, 6.07) is 6.64. The highest BCUT2D eigenvalue weighted by molar-refractivity contribution is 7.89. The van der Waals surface area contributed by atoms with Crippen LogP contribution in [0.25, 0.3) is 0 Å². The number of nitrogens with one attached hydrogen (secondary N) is 1. The fourth-order valence-corrected chi connectivity index (χ4v) is 3.49. The monoisotopic (exact) mass is 333 g/mol. The second kappa shape index (κ2) is 8.73. The van der Waals surface area contributed by atoms with E-state index in [1.165, 1.54) is 0 Å². The van der Waals surface area contributed by atoms with E-state index < -0.39 is 16.1 Å². The summed E-state index contributed by atoms with van der Waals surface area (Å²) < 4.78 is 26.8. The molecule has 0 aliphatic heterocycles. The number of alkyl halides is 1. The number of aliphatic hydroxyl groups excluding tert-OH is 1. The number of hydrogen-bond donors (Lipinski definition) is 2. The molecule has 1 rings (SSSR count). The number of sulfonamides is 1. The fourth-order valence-electron chi connectivity index (χ4n) is 2.22. The first-order valence-electron chi connectivity index (χ1n) is 7.27. The van der Waals surface area contributed by atoms with Gasteiger partial charge >= 0.3 is 0 Å². The molecule has 1 aromatic rings. The van der Waals surface area contributed by atoms with E-state index in [1.54, 1.807) is 24.3 Å². The number of aryl methyl sites for hydroxylation is 1. The normalized spacial score (nSPS) is 13.6. The van der Waals surface area contributed by atoms with Crippen LogP contribution in [0.4, 0.5) is 0 Å². The lowest BCUT2D eigenvalue weighted by atomic mass is 9.97. The molecule has 2 N–H and O–H groups in total. The van der Waals surface area contributed by atoms with Crippen LogP contribution in [-0.2, 0) is 16.4 Å². The highest BCUT2D eigenvalue weighted by Gasteiger charge is 2.20. The van der Waals surface area contributed by atoms with E-state index in [4.69, 9.17) is 11.6 Å². The molecule has 0 bridgehead atoms. The van der Waals surface area contributed by atoms with Gasteiger partial charge in [-0.15, -0.1) is 11.6 Å². The number of aliphatic hydroxyl groups is 1. The topological polar surface area (TPSA) is 66.4 Å². The Morgan fingerprint density at radius 2 is 1.76 bits per heavy atom. The van der Waals surface area contributed by atoms with Gasteiger partial charge in [-0.1, -0.05) is 38.8 Å². The van der Waals surface area contributed by atoms with Gasteiger partial charge in [-0.2, -0.15) is 0 Å². The quantitative estimate of drug-likeness (QED) is 0.682. The highest BCUT2D eigenvalue weighted by atomic mass is 35.5. The zero-order valence-electron chi connectivity index (χ0n) is 12.5. The SMILES string of the molecule is CCC(CC)C(O)CNS(=O)(=O)c1ccc(CCCl)cc1. The summed E-state index contributed by atoms with van der Waals surface area (Å²) in [7, 11) is -3.58. The van der Waals surface area contributed by atoms with Crippen molar-refractivity contribution in [1.82, 2.24) is 4.72 Å². The Labute approximate surface area is 132 Å². The molecule has 1 atom stereocenters. The maximum Gasteiger partial charge on any atom is 0.240 e. The summed E-state index contributed by atoms with van der Waals surface area (Å²) in [5.74, 6) is 0.616. The lowest BCUT2D eigenvalue weighted by Crippen LogP contribution is -2.36. The Morgan fingerprint density at radius 3 is 2.24 bits per heavy atom. The van der Waals surface area contributed by atoms with Crippen LogP contribution >= 0.6 is 11.6 Å². The minimum atomic E-state index is -3.58. The first kappa shape index (κ1) is 18.4. The van der Waals surface area contributed by atoms with Crippen molar-refractivity contribution in [3.63, 3.8) is 0 Å². The van der Waals surface area contributed by atoms with Crippen molar-refractivity contribution in [3.05, 3.63) is 29.8 Å². The molecule has 0 fully saturated rings. The molecule has 1 aromatic carbocycles. The zero-order valence-corrected chi connectivity index (χ0v) is 14.1. The molecular formula is C15H24ClNO3S. The van der Waals surface area contributed by atoms with E-state index in [9.17, 15) is 13.5 Å². The van der Waals surface area contributed by atoms with Crippen LogP contribution in [0, 0.1) is 5.92 Å². The van der Waals surface area contributed by atoms with Gasteiger partial charge in [-0.05, 0) is 30.0 Å². The van der Waals surface area contributed by atoms with Crippen molar-refractivity contribution in [2.24, 2.45) is 5.92 Å². The van der Waals surface area contributed by atoms with Gasteiger partial charge in [-0.3, -0.25) is 0 Å². The minimum Gasteiger partial charge on any atom is -0.391 e. The van der Waals surface area contributed by atoms with Gasteiger partial charge in [0, 0.05) is 12.4 Å². The van der Waals surface area contributed by atoms with E-state index >= 15 is 0 Å². The van der Waals surface area contributed by atoms with Crippen molar-refractivity contribution < 1.29 is 13.5 Å². The number of hydrogen-bond acceptors (Lipinski definition) is 3. The van der Waals surface area contributed by atoms with Crippen LogP contribution in [0.1, 0.15) is 32.3 Å². The van der Waals surface area contributed by atoms with Gasteiger partial charge in [0.15, 0.2) is 0 Å². The van der Waals surface area contributed by atoms with E-state index in [0.717, 1.165) is 18.4 Å². The molecule has 0 spiro atoms. The first-order chi connectivity index (χ1) is 9.94. The maximum atomic E-state index is 12.2. The van der Waals surface area contributed by atoms with Crippen molar-refractivity contribution in [2.75, 3.05) is 12.4 Å². The fraction of sp³-hybridized carbons (Fsp3) is 0.600. The van der Waals surface area contributed by atoms with Crippen LogP contribution in [0.5, 0.6) is 0 Å². The number of halogens is 1. The third-order valence-corrected chi connectivity index (χ3v) is 5.32. The molecule has 6 heteroatoms. The van der Waals surface area contributed by atoms with Gasteiger partial charge in [0.25, 0.3) is 0 Å². The first-order valence-corrected chi connectivity index (χ1v) is 9.29.